The molecule has 0 aliphatic carbocycles. The van der Waals surface area contributed by atoms with Crippen LogP contribution >= 0.6 is 0 Å². The van der Waals surface area contributed by atoms with E-state index in [2.05, 4.69) is 41.4 Å². The first-order valence-electron chi connectivity index (χ1n) is 6.92. The maximum absolute atomic E-state index is 9.54. The fourth-order valence-electron chi connectivity index (χ4n) is 2.71. The number of β-amino-alcohol motifs (C(OH)–C–C–N with tert-alkyl or cyclic N) is 2. The third kappa shape index (κ3) is 3.76. The van der Waals surface area contributed by atoms with Gasteiger partial charge in [0, 0.05) is 25.7 Å². The molecule has 0 bridgehead atoms. The Morgan fingerprint density at radius 3 is 2.58 bits per heavy atom. The van der Waals surface area contributed by atoms with Crippen LogP contribution in [0.15, 0.2) is 24.3 Å². The molecule has 4 nitrogen and oxygen atoms in total. The van der Waals surface area contributed by atoms with Gasteiger partial charge in [-0.2, -0.15) is 0 Å². The lowest BCUT2D eigenvalue weighted by Gasteiger charge is -2.21. The largest absolute Gasteiger partial charge is 0.389 e. The van der Waals surface area contributed by atoms with Gasteiger partial charge in [0.2, 0.25) is 0 Å². The minimum absolute atomic E-state index is 0.315. The Kier molecular flexibility index (Phi) is 4.93. The topological polar surface area (TPSA) is 55.7 Å². The van der Waals surface area contributed by atoms with Gasteiger partial charge in [-0.05, 0) is 26.0 Å². The first-order chi connectivity index (χ1) is 9.10. The van der Waals surface area contributed by atoms with E-state index in [1.165, 1.54) is 11.1 Å². The Hall–Kier alpha value is -0.940. The van der Waals surface area contributed by atoms with Crippen molar-refractivity contribution >= 4 is 0 Å². The summed E-state index contributed by atoms with van der Waals surface area (Å²) in [5.41, 5.74) is 2.56. The van der Waals surface area contributed by atoms with Crippen molar-refractivity contribution in [1.29, 1.82) is 0 Å². The number of benzene rings is 1. The zero-order valence-corrected chi connectivity index (χ0v) is 11.7. The van der Waals surface area contributed by atoms with E-state index in [1.807, 2.05) is 7.05 Å². The van der Waals surface area contributed by atoms with Crippen LogP contribution < -0.4 is 5.32 Å². The van der Waals surface area contributed by atoms with E-state index in [4.69, 9.17) is 0 Å². The number of aryl methyl sites for hydroxylation is 1. The van der Waals surface area contributed by atoms with Gasteiger partial charge in [-0.1, -0.05) is 29.8 Å². The van der Waals surface area contributed by atoms with Gasteiger partial charge in [-0.25, -0.2) is 0 Å². The van der Waals surface area contributed by atoms with Crippen molar-refractivity contribution in [2.75, 3.05) is 26.7 Å². The lowest BCUT2D eigenvalue weighted by Crippen LogP contribution is -2.27. The molecule has 3 N–H and O–H groups in total. The maximum atomic E-state index is 9.54. The van der Waals surface area contributed by atoms with Crippen LogP contribution in [0.25, 0.3) is 0 Å². The van der Waals surface area contributed by atoms with E-state index >= 15 is 0 Å². The van der Waals surface area contributed by atoms with Gasteiger partial charge in [0.25, 0.3) is 0 Å². The molecule has 1 heterocycles. The Bertz CT molecular complexity index is 401. The molecule has 1 aromatic rings. The summed E-state index contributed by atoms with van der Waals surface area (Å²) in [6.45, 7) is 4.13. The third-order valence-electron chi connectivity index (χ3n) is 3.86. The van der Waals surface area contributed by atoms with E-state index in [1.54, 1.807) is 0 Å². The van der Waals surface area contributed by atoms with Crippen LogP contribution in [0, 0.1) is 6.92 Å². The minimum Gasteiger partial charge on any atom is -0.389 e. The summed E-state index contributed by atoms with van der Waals surface area (Å²) >= 11 is 0. The predicted octanol–water partition coefficient (Wildman–Crippen LogP) is 0.683. The van der Waals surface area contributed by atoms with E-state index in [0.29, 0.717) is 19.1 Å². The molecule has 106 valence electrons. The van der Waals surface area contributed by atoms with Gasteiger partial charge in [0.05, 0.1) is 12.2 Å². The van der Waals surface area contributed by atoms with Gasteiger partial charge in [-0.3, -0.25) is 4.90 Å². The number of rotatable bonds is 5. The van der Waals surface area contributed by atoms with Crippen molar-refractivity contribution in [2.45, 2.75) is 31.6 Å². The van der Waals surface area contributed by atoms with Crippen molar-refractivity contribution < 1.29 is 10.2 Å². The Morgan fingerprint density at radius 1 is 1.32 bits per heavy atom. The molecule has 3 atom stereocenters. The number of hydrogen-bond acceptors (Lipinski definition) is 4. The molecule has 0 saturated carbocycles. The molecule has 3 unspecified atom stereocenters. The van der Waals surface area contributed by atoms with Crippen molar-refractivity contribution in [2.24, 2.45) is 0 Å². The van der Waals surface area contributed by atoms with Crippen LogP contribution in [-0.4, -0.2) is 54.0 Å². The molecule has 0 aromatic heterocycles. The second-order valence-corrected chi connectivity index (χ2v) is 5.44. The molecular weight excluding hydrogens is 240 g/mol. The normalized spacial score (nSPS) is 25.7. The molecule has 1 fully saturated rings. The zero-order valence-electron chi connectivity index (χ0n) is 11.7. The fourth-order valence-corrected chi connectivity index (χ4v) is 2.71. The van der Waals surface area contributed by atoms with Gasteiger partial charge in [-0.15, -0.1) is 0 Å². The molecule has 0 spiro atoms. The first-order valence-corrected chi connectivity index (χ1v) is 6.92. The molecule has 1 aromatic carbocycles. The Labute approximate surface area is 115 Å². The lowest BCUT2D eigenvalue weighted by molar-refractivity contribution is 0.0572. The van der Waals surface area contributed by atoms with Crippen LogP contribution in [0.5, 0.6) is 0 Å². The van der Waals surface area contributed by atoms with Gasteiger partial charge in [0.1, 0.15) is 0 Å². The summed E-state index contributed by atoms with van der Waals surface area (Å²) in [6.07, 6.45) is -0.210. The predicted molar refractivity (Wildman–Crippen MR) is 76.1 cm³/mol. The van der Waals surface area contributed by atoms with E-state index in [-0.39, 0.29) is 0 Å². The zero-order chi connectivity index (χ0) is 13.8. The molecule has 0 radical (unpaired) electrons. The second kappa shape index (κ2) is 6.48. The van der Waals surface area contributed by atoms with Crippen LogP contribution in [0.2, 0.25) is 0 Å². The highest BCUT2D eigenvalue weighted by Gasteiger charge is 2.29. The van der Waals surface area contributed by atoms with Crippen molar-refractivity contribution in [1.82, 2.24) is 10.2 Å². The molecule has 19 heavy (non-hydrogen) atoms. The number of aliphatic hydroxyl groups excluding tert-OH is 2. The number of likely N-dealkylation sites (tertiary alicyclic amines) is 1. The lowest BCUT2D eigenvalue weighted by atomic mass is 10.0. The van der Waals surface area contributed by atoms with Gasteiger partial charge < -0.3 is 15.5 Å². The average molecular weight is 264 g/mol. The summed E-state index contributed by atoms with van der Waals surface area (Å²) in [4.78, 5) is 2.12. The van der Waals surface area contributed by atoms with Crippen LogP contribution in [-0.2, 0) is 0 Å². The molecular formula is C15H24N2O2. The second-order valence-electron chi connectivity index (χ2n) is 5.44. The van der Waals surface area contributed by atoms with Gasteiger partial charge in [0.15, 0.2) is 0 Å². The monoisotopic (exact) mass is 264 g/mol. The highest BCUT2D eigenvalue weighted by atomic mass is 16.3. The highest BCUT2D eigenvalue weighted by molar-refractivity contribution is 5.25. The average Bonchev–Trinajstić information content (AvgIpc) is 2.70. The molecule has 1 saturated heterocycles. The molecule has 1 aliphatic rings. The number of nitrogens with zero attached hydrogens (tertiary/aromatic N) is 1. The summed E-state index contributed by atoms with van der Waals surface area (Å²) in [6, 6.07) is 8.84. The fraction of sp³-hybridized carbons (Fsp3) is 0.600. The standard InChI is InChI=1S/C15H24N2O2/c1-11-4-3-5-12(8-11)13(16-2)6-7-17-9-14(18)15(19)10-17/h3-5,8,13-16,18-19H,6-7,9-10H2,1-2H3. The first kappa shape index (κ1) is 14.5. The molecule has 4 heteroatoms. The molecule has 2 rings (SSSR count). The van der Waals surface area contributed by atoms with Crippen molar-refractivity contribution in [3.8, 4) is 0 Å². The summed E-state index contributed by atoms with van der Waals surface area (Å²) in [7, 11) is 1.97. The van der Waals surface area contributed by atoms with Crippen LogP contribution in [0.3, 0.4) is 0 Å². The highest BCUT2D eigenvalue weighted by Crippen LogP contribution is 2.19. The SMILES string of the molecule is CNC(CCN1CC(O)C(O)C1)c1cccc(C)c1. The van der Waals surface area contributed by atoms with E-state index < -0.39 is 12.2 Å². The smallest absolute Gasteiger partial charge is 0.0938 e. The number of hydrogen-bond donors (Lipinski definition) is 3. The van der Waals surface area contributed by atoms with Crippen molar-refractivity contribution in [3.05, 3.63) is 35.4 Å². The van der Waals surface area contributed by atoms with Gasteiger partial charge >= 0.3 is 0 Å². The minimum atomic E-state index is -0.591. The van der Waals surface area contributed by atoms with Crippen LogP contribution in [0.1, 0.15) is 23.6 Å². The quantitative estimate of drug-likeness (QED) is 0.732. The third-order valence-corrected chi connectivity index (χ3v) is 3.86. The Morgan fingerprint density at radius 2 is 2.00 bits per heavy atom. The Balaban J connectivity index is 1.90. The molecule has 1 aliphatic heterocycles. The summed E-state index contributed by atoms with van der Waals surface area (Å²) < 4.78 is 0. The molecule has 0 amide bonds. The number of aliphatic hydroxyl groups is 2. The summed E-state index contributed by atoms with van der Waals surface area (Å²) in [5, 5.41) is 22.4. The van der Waals surface area contributed by atoms with E-state index in [0.717, 1.165) is 13.0 Å². The summed E-state index contributed by atoms with van der Waals surface area (Å²) in [5.74, 6) is 0. The van der Waals surface area contributed by atoms with Crippen LogP contribution in [0.4, 0.5) is 0 Å². The van der Waals surface area contributed by atoms with E-state index in [9.17, 15) is 10.2 Å². The van der Waals surface area contributed by atoms with Crippen molar-refractivity contribution in [3.63, 3.8) is 0 Å². The maximum Gasteiger partial charge on any atom is 0.0938 e. The number of nitrogens with one attached hydrogen (secondary N) is 1.